The molecule has 0 unspecified atom stereocenters. The number of nitro benzene ring substituents is 4. The van der Waals surface area contributed by atoms with Crippen LogP contribution in [-0.2, 0) is 27.0 Å². The average molecular weight is 557 g/mol. The van der Waals surface area contributed by atoms with Crippen molar-refractivity contribution in [1.82, 2.24) is 0 Å². The number of benzene rings is 4. The Morgan fingerprint density at radius 2 is 0.447 bits per heavy atom. The molecule has 0 aromatic heterocycles. The van der Waals surface area contributed by atoms with Crippen molar-refractivity contribution in [2.24, 2.45) is 0 Å². The monoisotopic (exact) mass is 556 g/mol. The number of rotatable bonds is 4. The molecule has 0 spiro atoms. The number of nitro groups is 4. The Kier molecular flexibility index (Phi) is 19.0. The summed E-state index contributed by atoms with van der Waals surface area (Å²) in [5.74, 6) is 0. The van der Waals surface area contributed by atoms with Gasteiger partial charge in [-0.3, -0.25) is 40.5 Å². The zero-order chi connectivity index (χ0) is 26.8. The second kappa shape index (κ2) is 20.4. The van der Waals surface area contributed by atoms with Crippen LogP contribution in [0.25, 0.3) is 0 Å². The normalized spacial score (nSPS) is 8.42. The van der Waals surface area contributed by atoms with Crippen molar-refractivity contribution in [2.75, 3.05) is 0 Å². The van der Waals surface area contributed by atoms with Crippen LogP contribution in [0.15, 0.2) is 121 Å². The van der Waals surface area contributed by atoms with Crippen LogP contribution in [0.3, 0.4) is 0 Å². The molecule has 0 saturated heterocycles. The van der Waals surface area contributed by atoms with E-state index in [2.05, 4.69) is 0 Å². The van der Waals surface area contributed by atoms with Crippen molar-refractivity contribution >= 4 is 49.7 Å². The lowest BCUT2D eigenvalue weighted by atomic mass is 10.3. The van der Waals surface area contributed by atoms with Crippen LogP contribution in [0.4, 0.5) is 22.7 Å². The quantitative estimate of drug-likeness (QED) is 0.206. The molecule has 0 amide bonds. The summed E-state index contributed by atoms with van der Waals surface area (Å²) in [5.41, 5.74) is 0.546. The van der Waals surface area contributed by atoms with Gasteiger partial charge in [0.25, 0.3) is 22.7 Å². The van der Waals surface area contributed by atoms with E-state index in [0.29, 0.717) is 0 Å². The summed E-state index contributed by atoms with van der Waals surface area (Å²) in [6.07, 6.45) is 0. The Morgan fingerprint density at radius 1 is 0.316 bits per heavy atom. The highest BCUT2D eigenvalue weighted by Gasteiger charge is 2.00. The lowest BCUT2D eigenvalue weighted by molar-refractivity contribution is -0.385. The van der Waals surface area contributed by atoms with Crippen LogP contribution >= 0.6 is 0 Å². The first kappa shape index (κ1) is 35.3. The Hall–Kier alpha value is -4.82. The molecule has 4 rings (SSSR count). The van der Waals surface area contributed by atoms with Gasteiger partial charge in [-0.1, -0.05) is 72.8 Å². The molecule has 0 aliphatic rings. The van der Waals surface area contributed by atoms with Gasteiger partial charge >= 0.3 is 0 Å². The van der Waals surface area contributed by atoms with Gasteiger partial charge in [-0.25, -0.2) is 0 Å². The summed E-state index contributed by atoms with van der Waals surface area (Å²) in [4.78, 5) is 38.4. The zero-order valence-corrected chi connectivity index (χ0v) is 21.1. The second-order valence-corrected chi connectivity index (χ2v) is 6.37. The highest BCUT2D eigenvalue weighted by Crippen LogP contribution is 2.09. The molecule has 12 nitrogen and oxygen atoms in total. The van der Waals surface area contributed by atoms with E-state index in [-0.39, 0.29) is 49.7 Å². The molecule has 0 N–H and O–H groups in total. The topological polar surface area (TPSA) is 173 Å². The molecule has 0 aliphatic heterocycles. The van der Waals surface area contributed by atoms with Gasteiger partial charge in [0.05, 0.1) is 19.7 Å². The second-order valence-electron chi connectivity index (χ2n) is 6.37. The van der Waals surface area contributed by atoms with E-state index in [0.717, 1.165) is 0 Å². The summed E-state index contributed by atoms with van der Waals surface area (Å²) in [5, 5.41) is 40.0. The smallest absolute Gasteiger partial charge is 0.269 e. The third kappa shape index (κ3) is 15.2. The van der Waals surface area contributed by atoms with Gasteiger partial charge in [-0.15, -0.1) is 0 Å². The largest absolute Gasteiger partial charge is 2.00 e. The molecule has 0 heterocycles. The van der Waals surface area contributed by atoms with E-state index in [4.69, 9.17) is 0 Å². The van der Waals surface area contributed by atoms with Crippen molar-refractivity contribution in [3.8, 4) is 0 Å². The summed E-state index contributed by atoms with van der Waals surface area (Å²) in [6.45, 7) is 0. The van der Waals surface area contributed by atoms with Crippen molar-refractivity contribution in [2.45, 2.75) is 0 Å². The lowest BCUT2D eigenvalue weighted by Gasteiger charge is -2.00. The molecule has 4 aromatic carbocycles. The lowest BCUT2D eigenvalue weighted by Crippen LogP contribution is -1.84. The van der Waals surface area contributed by atoms with Crippen LogP contribution in [0.1, 0.15) is 0 Å². The fourth-order valence-corrected chi connectivity index (χ4v) is 2.20. The molecule has 0 bridgehead atoms. The Balaban J connectivity index is 0. The van der Waals surface area contributed by atoms with Crippen LogP contribution in [0.2, 0.25) is 0 Å². The molecule has 0 aliphatic carbocycles. The maximum atomic E-state index is 10.0. The van der Waals surface area contributed by atoms with Gasteiger partial charge in [0.2, 0.25) is 0 Å². The molecule has 14 heteroatoms. The van der Waals surface area contributed by atoms with Gasteiger partial charge in [-0.2, -0.15) is 0 Å². The Bertz CT molecular complexity index is 1040. The van der Waals surface area contributed by atoms with Gasteiger partial charge in [0.1, 0.15) is 0 Å². The number of hydrogen-bond acceptors (Lipinski definition) is 8. The first-order chi connectivity index (χ1) is 17.2. The molecule has 38 heavy (non-hydrogen) atoms. The van der Waals surface area contributed by atoms with Gasteiger partial charge in [0, 0.05) is 48.5 Å². The fraction of sp³-hybridized carbons (Fsp3) is 0. The summed E-state index contributed by atoms with van der Waals surface area (Å²) >= 11 is 0. The van der Waals surface area contributed by atoms with Crippen LogP contribution in [0, 0.1) is 40.5 Å². The molecule has 0 saturated carbocycles. The number of nitrogens with zero attached hydrogens (tertiary/aromatic N) is 4. The van der Waals surface area contributed by atoms with Crippen LogP contribution < -0.4 is 0 Å². The zero-order valence-electron chi connectivity index (χ0n) is 19.4. The molecule has 200 valence electrons. The van der Waals surface area contributed by atoms with Crippen molar-refractivity contribution < 1.29 is 19.7 Å². The van der Waals surface area contributed by atoms with Crippen molar-refractivity contribution in [3.63, 3.8) is 0 Å². The number of para-hydroxylation sites is 4. The maximum Gasteiger partial charge on any atom is 0.269 e. The minimum absolute atomic E-state index is 0. The van der Waals surface area contributed by atoms with E-state index < -0.39 is 19.7 Å². The maximum absolute atomic E-state index is 10.0. The van der Waals surface area contributed by atoms with Gasteiger partial charge in [0.15, 0.2) is 0 Å². The fourth-order valence-electron chi connectivity index (χ4n) is 2.20. The minimum Gasteiger partial charge on any atom is -2.00 e. The SMILES string of the molecule is O=[N+]([O-])c1ccccc1.O=[N+]([O-])c1ccccc1.O=[N+]([O-])c1ccccc1.O=[N+]([O-])c1ccccc1.[S-2].[S-2]. The van der Waals surface area contributed by atoms with Gasteiger partial charge in [-0.05, 0) is 0 Å². The van der Waals surface area contributed by atoms with E-state index in [1.54, 1.807) is 72.8 Å². The summed E-state index contributed by atoms with van der Waals surface area (Å²) < 4.78 is 0. The third-order valence-corrected chi connectivity index (χ3v) is 3.87. The van der Waals surface area contributed by atoms with E-state index in [1.807, 2.05) is 0 Å². The molecular weight excluding hydrogens is 536 g/mol. The Morgan fingerprint density at radius 3 is 0.526 bits per heavy atom. The van der Waals surface area contributed by atoms with E-state index >= 15 is 0 Å². The van der Waals surface area contributed by atoms with E-state index in [9.17, 15) is 40.5 Å². The number of non-ortho nitro benzene ring substituents is 4. The molecule has 0 fully saturated rings. The summed E-state index contributed by atoms with van der Waals surface area (Å²) in [7, 11) is 0. The molecule has 4 aromatic rings. The molecule has 0 atom stereocenters. The van der Waals surface area contributed by atoms with Crippen LogP contribution in [-0.4, -0.2) is 19.7 Å². The molecule has 0 radical (unpaired) electrons. The predicted molar refractivity (Wildman–Crippen MR) is 147 cm³/mol. The minimum atomic E-state index is -0.417. The summed E-state index contributed by atoms with van der Waals surface area (Å²) in [6, 6.07) is 31.7. The standard InChI is InChI=1S/4C6H5NO2.2S/c4*8-7(9)6-4-2-1-3-5-6;;/h4*1-5H;;/q;;;;2*-2. The van der Waals surface area contributed by atoms with E-state index in [1.165, 1.54) is 48.5 Å². The first-order valence-electron chi connectivity index (χ1n) is 10.00. The number of hydrogen-bond donors (Lipinski definition) is 0. The average Bonchev–Trinajstić information content (AvgIpc) is 2.92. The van der Waals surface area contributed by atoms with Crippen molar-refractivity contribution in [3.05, 3.63) is 162 Å². The molecular formula is C24H20N4O8S2-4. The third-order valence-electron chi connectivity index (χ3n) is 3.87. The van der Waals surface area contributed by atoms with Gasteiger partial charge < -0.3 is 27.0 Å². The van der Waals surface area contributed by atoms with Crippen LogP contribution in [0.5, 0.6) is 0 Å². The predicted octanol–water partition coefficient (Wildman–Crippen LogP) is 6.37. The first-order valence-corrected chi connectivity index (χ1v) is 10.00. The highest BCUT2D eigenvalue weighted by molar-refractivity contribution is 7.37. The Labute approximate surface area is 231 Å². The highest BCUT2D eigenvalue weighted by atomic mass is 32.1. The van der Waals surface area contributed by atoms with Crippen molar-refractivity contribution in [1.29, 1.82) is 0 Å².